The molecule has 1 fully saturated rings. The van der Waals surface area contributed by atoms with Gasteiger partial charge in [0.25, 0.3) is 15.9 Å². The minimum Gasteiger partial charge on any atom is -0.502 e. The van der Waals surface area contributed by atoms with Crippen molar-refractivity contribution >= 4 is 68.1 Å². The molecule has 3 N–H and O–H groups in total. The lowest BCUT2D eigenvalue weighted by Crippen LogP contribution is -2.61. The van der Waals surface area contributed by atoms with Gasteiger partial charge in [0.05, 0.1) is 12.2 Å². The number of aromatic hydroxyl groups is 1. The van der Waals surface area contributed by atoms with Crippen molar-refractivity contribution in [2.24, 2.45) is 0 Å². The highest BCUT2D eigenvalue weighted by atomic mass is 35.5. The average molecular weight is 684 g/mol. The molecule has 5 heterocycles. The summed E-state index contributed by atoms with van der Waals surface area (Å²) in [5, 5.41) is 13.3. The number of likely N-dealkylation sites (N-methyl/N-ethyl adjacent to an activating group) is 1. The summed E-state index contributed by atoms with van der Waals surface area (Å²) >= 11 is 7.35. The quantitative estimate of drug-likeness (QED) is 0.276. The summed E-state index contributed by atoms with van der Waals surface area (Å²) in [6.45, 7) is 0.849. The number of halogens is 2. The lowest BCUT2D eigenvalue weighted by atomic mass is 10.1. The van der Waals surface area contributed by atoms with Crippen molar-refractivity contribution in [2.75, 3.05) is 33.2 Å². The van der Waals surface area contributed by atoms with E-state index in [2.05, 4.69) is 20.2 Å². The molecular weight excluding hydrogens is 655 g/mol. The van der Waals surface area contributed by atoms with E-state index in [0.29, 0.717) is 28.9 Å². The molecule has 0 aliphatic carbocycles. The summed E-state index contributed by atoms with van der Waals surface area (Å²) in [5.74, 6) is -1.61. The number of rotatable bonds is 6. The highest BCUT2D eigenvalue weighted by Crippen LogP contribution is 2.29. The summed E-state index contributed by atoms with van der Waals surface area (Å²) < 4.78 is 33.7. The number of aromatic amines is 1. The van der Waals surface area contributed by atoms with Crippen molar-refractivity contribution in [3.05, 3.63) is 73.2 Å². The van der Waals surface area contributed by atoms with Gasteiger partial charge in [0.2, 0.25) is 11.3 Å². The zero-order chi connectivity index (χ0) is 30.5. The van der Waals surface area contributed by atoms with E-state index in [1.54, 1.807) is 18.2 Å². The lowest BCUT2D eigenvalue weighted by molar-refractivity contribution is -0.127. The number of hydrogen-bond donors (Lipinski definition) is 3. The van der Waals surface area contributed by atoms with Crippen LogP contribution in [0.15, 0.2) is 50.8 Å². The van der Waals surface area contributed by atoms with Gasteiger partial charge in [-0.05, 0) is 31.3 Å². The normalized spacial score (nSPS) is 17.7. The molecular formula is C27H28Cl2N6O7S2. The molecule has 3 aromatic heterocycles. The minimum atomic E-state index is -4.09. The topological polar surface area (TPSA) is 169 Å². The first-order valence-corrected chi connectivity index (χ1v) is 16.0. The lowest BCUT2D eigenvalue weighted by Gasteiger charge is -2.39. The number of nitrogens with one attached hydrogen (secondary N) is 2. The molecule has 0 bridgehead atoms. The zero-order valence-corrected chi connectivity index (χ0v) is 26.5. The van der Waals surface area contributed by atoms with E-state index in [4.69, 9.17) is 16.0 Å². The van der Waals surface area contributed by atoms with Crippen molar-refractivity contribution in [1.82, 2.24) is 29.4 Å². The van der Waals surface area contributed by atoms with Crippen LogP contribution in [-0.2, 0) is 34.3 Å². The van der Waals surface area contributed by atoms with E-state index >= 15 is 0 Å². The number of carbonyl (C=O) groups is 2. The maximum atomic E-state index is 13.8. The Bertz CT molecular complexity index is 1910. The van der Waals surface area contributed by atoms with Gasteiger partial charge in [-0.25, -0.2) is 13.4 Å². The second-order valence-corrected chi connectivity index (χ2v) is 13.9. The van der Waals surface area contributed by atoms with Gasteiger partial charge in [0.1, 0.15) is 23.1 Å². The Hall–Kier alpha value is -3.47. The van der Waals surface area contributed by atoms with Crippen molar-refractivity contribution in [2.45, 2.75) is 30.6 Å². The number of H-pyrrole nitrogens is 1. The molecule has 234 valence electrons. The minimum absolute atomic E-state index is 0. The van der Waals surface area contributed by atoms with Crippen LogP contribution in [-0.4, -0.2) is 88.7 Å². The maximum Gasteiger partial charge on any atom is 0.283 e. The molecule has 0 radical (unpaired) electrons. The number of fused-ring (bicyclic) bond motifs is 2. The molecule has 13 nitrogen and oxygen atoms in total. The number of aromatic nitrogens is 2. The summed E-state index contributed by atoms with van der Waals surface area (Å²) in [5.41, 5.74) is 0.759. The van der Waals surface area contributed by atoms with Gasteiger partial charge in [-0.2, -0.15) is 4.31 Å². The fourth-order valence-corrected chi connectivity index (χ4v) is 7.94. The van der Waals surface area contributed by atoms with Crippen molar-refractivity contribution in [3.63, 3.8) is 0 Å². The molecule has 6 rings (SSSR count). The van der Waals surface area contributed by atoms with Crippen molar-refractivity contribution < 1.29 is 27.5 Å². The molecule has 2 aliphatic heterocycles. The van der Waals surface area contributed by atoms with Gasteiger partial charge in [0, 0.05) is 66.0 Å². The van der Waals surface area contributed by atoms with Crippen LogP contribution < -0.4 is 10.7 Å². The third-order valence-electron chi connectivity index (χ3n) is 7.49. The van der Waals surface area contributed by atoms with Crippen LogP contribution in [0, 0.1) is 0 Å². The van der Waals surface area contributed by atoms with Crippen LogP contribution in [0.3, 0.4) is 0 Å². The number of hydrogen-bond acceptors (Lipinski definition) is 10. The fraction of sp³-hybridized carbons (Fsp3) is 0.333. The monoisotopic (exact) mass is 682 g/mol. The first-order valence-electron chi connectivity index (χ1n) is 13.3. The standard InChI is InChI=1S/C27H27ClN6O7S2.ClH/c1-32-5-4-19-23(13-32)42-26(31-19)27(38)34-7-6-33(43(39,40)24-9-15-8-16(28)2-3-18(15)30-24)12-20(34)25(37)29-11-17-10-21(35)22(36)14-41-17;/h2-3,8-10,14,20,30,36H,4-7,11-13H2,1H3,(H,29,37);1H. The van der Waals surface area contributed by atoms with Gasteiger partial charge in [-0.1, -0.05) is 11.6 Å². The van der Waals surface area contributed by atoms with Gasteiger partial charge in [-0.15, -0.1) is 23.7 Å². The smallest absolute Gasteiger partial charge is 0.283 e. The summed E-state index contributed by atoms with van der Waals surface area (Å²) in [6.07, 6.45) is 1.57. The third-order valence-corrected chi connectivity index (χ3v) is 10.6. The van der Waals surface area contributed by atoms with E-state index in [0.717, 1.165) is 33.8 Å². The number of nitrogens with zero attached hydrogens (tertiary/aromatic N) is 4. The highest BCUT2D eigenvalue weighted by molar-refractivity contribution is 7.89. The molecule has 0 saturated carbocycles. The molecule has 2 aliphatic rings. The molecule has 17 heteroatoms. The number of carbonyl (C=O) groups excluding carboxylic acids is 2. The van der Waals surface area contributed by atoms with Gasteiger partial charge >= 0.3 is 0 Å². The van der Waals surface area contributed by atoms with Crippen LogP contribution in [0.2, 0.25) is 5.02 Å². The van der Waals surface area contributed by atoms with Crippen LogP contribution in [0.1, 0.15) is 26.1 Å². The van der Waals surface area contributed by atoms with Crippen molar-refractivity contribution in [1.29, 1.82) is 0 Å². The summed E-state index contributed by atoms with van der Waals surface area (Å²) in [4.78, 5) is 51.0. The van der Waals surface area contributed by atoms with Gasteiger partial charge in [-0.3, -0.25) is 14.4 Å². The van der Waals surface area contributed by atoms with Crippen LogP contribution in [0.4, 0.5) is 0 Å². The second-order valence-electron chi connectivity index (χ2n) is 10.4. The van der Waals surface area contributed by atoms with Crippen LogP contribution in [0.25, 0.3) is 10.9 Å². The zero-order valence-electron chi connectivity index (χ0n) is 23.3. The number of amides is 2. The average Bonchev–Trinajstić information content (AvgIpc) is 3.61. The molecule has 1 unspecified atom stereocenters. The van der Waals surface area contributed by atoms with E-state index < -0.39 is 39.1 Å². The second kappa shape index (κ2) is 12.5. The maximum absolute atomic E-state index is 13.8. The Morgan fingerprint density at radius 2 is 2.02 bits per heavy atom. The molecule has 2 amide bonds. The van der Waals surface area contributed by atoms with E-state index in [1.807, 2.05) is 7.05 Å². The summed E-state index contributed by atoms with van der Waals surface area (Å²) in [6, 6.07) is 6.28. The largest absolute Gasteiger partial charge is 0.502 e. The molecule has 44 heavy (non-hydrogen) atoms. The third kappa shape index (κ3) is 6.20. The van der Waals surface area contributed by atoms with Crippen LogP contribution in [0.5, 0.6) is 5.75 Å². The Labute approximate surface area is 266 Å². The molecule has 1 saturated heterocycles. The van der Waals surface area contributed by atoms with E-state index in [-0.39, 0.29) is 54.4 Å². The Balaban J connectivity index is 0.00000384. The van der Waals surface area contributed by atoms with Gasteiger partial charge < -0.3 is 29.6 Å². The fourth-order valence-electron chi connectivity index (χ4n) is 5.16. The summed E-state index contributed by atoms with van der Waals surface area (Å²) in [7, 11) is -2.10. The first-order chi connectivity index (χ1) is 20.5. The SMILES string of the molecule is CN1CCc2nc(C(=O)N3CCN(S(=O)(=O)c4cc5cc(Cl)ccc5[nH]4)CC3C(=O)NCc3cc(=O)c(O)co3)sc2C1.Cl. The number of sulfonamides is 1. The predicted molar refractivity (Wildman–Crippen MR) is 165 cm³/mol. The van der Waals surface area contributed by atoms with E-state index in [1.165, 1.54) is 22.3 Å². The molecule has 4 aromatic rings. The number of piperazine rings is 1. The van der Waals surface area contributed by atoms with Crippen molar-refractivity contribution in [3.8, 4) is 5.75 Å². The van der Waals surface area contributed by atoms with Crippen LogP contribution >= 0.6 is 35.3 Å². The first kappa shape index (κ1) is 31.9. The van der Waals surface area contributed by atoms with E-state index in [9.17, 15) is 27.9 Å². The molecule has 0 spiro atoms. The Morgan fingerprint density at radius 1 is 1.23 bits per heavy atom. The molecule has 1 aromatic carbocycles. The Kier molecular flexibility index (Phi) is 9.07. The molecule has 1 atom stereocenters. The Morgan fingerprint density at radius 3 is 2.80 bits per heavy atom. The number of benzene rings is 1. The predicted octanol–water partition coefficient (Wildman–Crippen LogP) is 2.18. The highest BCUT2D eigenvalue weighted by Gasteiger charge is 2.41. The van der Waals surface area contributed by atoms with Gasteiger partial charge in [0.15, 0.2) is 10.8 Å². The number of thiazole rings is 1.